The lowest BCUT2D eigenvalue weighted by atomic mass is 10.1. The Hall–Kier alpha value is -2.09. The summed E-state index contributed by atoms with van der Waals surface area (Å²) in [5, 5.41) is 5.55. The average molecular weight is 399 g/mol. The third-order valence-corrected chi connectivity index (χ3v) is 4.29. The highest BCUT2D eigenvalue weighted by molar-refractivity contribution is 7.99. The van der Waals surface area contributed by atoms with E-state index in [4.69, 9.17) is 14.2 Å². The number of hydrogen-bond donors (Lipinski definition) is 2. The highest BCUT2D eigenvalue weighted by Crippen LogP contribution is 2.27. The number of carbonyl (C=O) groups excluding carboxylic acids is 2. The predicted molar refractivity (Wildman–Crippen MR) is 108 cm³/mol. The van der Waals surface area contributed by atoms with Crippen LogP contribution in [-0.4, -0.2) is 56.4 Å². The van der Waals surface area contributed by atoms with E-state index in [1.54, 1.807) is 14.2 Å². The zero-order valence-corrected chi connectivity index (χ0v) is 17.5. The van der Waals surface area contributed by atoms with Crippen LogP contribution in [0.2, 0.25) is 0 Å². The minimum absolute atomic E-state index is 0.0299. The van der Waals surface area contributed by atoms with Crippen molar-refractivity contribution < 1.29 is 23.8 Å². The SMILES string of the molecule is COc1ccc(CCNC(=O)CSCCNC(=O)OC(C)(C)C)cc1OC. The maximum absolute atomic E-state index is 11.9. The molecule has 0 atom stereocenters. The Bertz CT molecular complexity index is 617. The fraction of sp³-hybridized carbons (Fsp3) is 0.579. The normalized spacial score (nSPS) is 10.9. The van der Waals surface area contributed by atoms with Crippen molar-refractivity contribution in [3.63, 3.8) is 0 Å². The molecule has 2 N–H and O–H groups in total. The molecule has 1 rings (SSSR count). The van der Waals surface area contributed by atoms with Gasteiger partial charge in [-0.3, -0.25) is 4.79 Å². The summed E-state index contributed by atoms with van der Waals surface area (Å²) in [6.07, 6.45) is 0.263. The number of hydrogen-bond acceptors (Lipinski definition) is 6. The van der Waals surface area contributed by atoms with Crippen LogP contribution >= 0.6 is 11.8 Å². The predicted octanol–water partition coefficient (Wildman–Crippen LogP) is 2.62. The molecule has 0 saturated heterocycles. The number of carbonyl (C=O) groups is 2. The molecule has 0 aromatic heterocycles. The Morgan fingerprint density at radius 2 is 1.74 bits per heavy atom. The van der Waals surface area contributed by atoms with E-state index < -0.39 is 11.7 Å². The van der Waals surface area contributed by atoms with Crippen LogP contribution < -0.4 is 20.1 Å². The number of thioether (sulfide) groups is 1. The molecule has 0 saturated carbocycles. The quantitative estimate of drug-likeness (QED) is 0.589. The van der Waals surface area contributed by atoms with Crippen molar-refractivity contribution in [3.8, 4) is 11.5 Å². The molecule has 0 aliphatic heterocycles. The molecule has 7 nitrogen and oxygen atoms in total. The highest BCUT2D eigenvalue weighted by Gasteiger charge is 2.15. The van der Waals surface area contributed by atoms with Gasteiger partial charge in [0.1, 0.15) is 5.60 Å². The Morgan fingerprint density at radius 1 is 1.04 bits per heavy atom. The lowest BCUT2D eigenvalue weighted by Crippen LogP contribution is -2.34. The maximum Gasteiger partial charge on any atom is 0.407 e. The first-order valence-electron chi connectivity index (χ1n) is 8.77. The number of benzene rings is 1. The van der Waals surface area contributed by atoms with Crippen molar-refractivity contribution in [2.24, 2.45) is 0 Å². The zero-order valence-electron chi connectivity index (χ0n) is 16.7. The second kappa shape index (κ2) is 11.6. The van der Waals surface area contributed by atoms with E-state index in [2.05, 4.69) is 10.6 Å². The number of ether oxygens (including phenoxy) is 3. The summed E-state index contributed by atoms with van der Waals surface area (Å²) in [6, 6.07) is 5.70. The largest absolute Gasteiger partial charge is 0.493 e. The molecule has 0 aliphatic carbocycles. The minimum Gasteiger partial charge on any atom is -0.493 e. The van der Waals surface area contributed by atoms with Crippen molar-refractivity contribution in [2.45, 2.75) is 32.8 Å². The van der Waals surface area contributed by atoms with Gasteiger partial charge in [0.15, 0.2) is 11.5 Å². The third kappa shape index (κ3) is 9.98. The summed E-state index contributed by atoms with van der Waals surface area (Å²) in [6.45, 7) is 6.44. The van der Waals surface area contributed by atoms with E-state index in [1.165, 1.54) is 11.8 Å². The Balaban J connectivity index is 2.17. The Kier molecular flexibility index (Phi) is 9.85. The van der Waals surface area contributed by atoms with Gasteiger partial charge in [-0.1, -0.05) is 6.07 Å². The van der Waals surface area contributed by atoms with Gasteiger partial charge in [-0.2, -0.15) is 11.8 Å². The van der Waals surface area contributed by atoms with Gasteiger partial charge >= 0.3 is 6.09 Å². The second-order valence-electron chi connectivity index (χ2n) is 6.77. The molecule has 0 bridgehead atoms. The smallest absolute Gasteiger partial charge is 0.407 e. The van der Waals surface area contributed by atoms with Crippen molar-refractivity contribution in [2.75, 3.05) is 38.8 Å². The van der Waals surface area contributed by atoms with Crippen LogP contribution in [-0.2, 0) is 16.0 Å². The van der Waals surface area contributed by atoms with Crippen LogP contribution in [0.4, 0.5) is 4.79 Å². The van der Waals surface area contributed by atoms with Gasteiger partial charge < -0.3 is 24.8 Å². The number of alkyl carbamates (subject to hydrolysis) is 1. The summed E-state index contributed by atoms with van der Waals surface area (Å²) >= 11 is 1.46. The first-order chi connectivity index (χ1) is 12.7. The van der Waals surface area contributed by atoms with Gasteiger partial charge in [0.25, 0.3) is 0 Å². The van der Waals surface area contributed by atoms with Gasteiger partial charge in [0, 0.05) is 18.8 Å². The molecule has 1 aromatic rings. The number of methoxy groups -OCH3 is 2. The van der Waals surface area contributed by atoms with E-state index in [1.807, 2.05) is 39.0 Å². The molecule has 27 heavy (non-hydrogen) atoms. The zero-order chi connectivity index (χ0) is 20.3. The standard InChI is InChI=1S/C19H30N2O5S/c1-19(2,3)26-18(23)21-10-11-27-13-17(22)20-9-8-14-6-7-15(24-4)16(12-14)25-5/h6-7,12H,8-11,13H2,1-5H3,(H,20,22)(H,21,23). The average Bonchev–Trinajstić information content (AvgIpc) is 2.59. The summed E-state index contributed by atoms with van der Waals surface area (Å²) in [5.74, 6) is 2.32. The molecule has 8 heteroatoms. The van der Waals surface area contributed by atoms with E-state index in [0.717, 1.165) is 5.56 Å². The van der Waals surface area contributed by atoms with E-state index in [-0.39, 0.29) is 5.91 Å². The fourth-order valence-corrected chi connectivity index (χ4v) is 2.82. The lowest BCUT2D eigenvalue weighted by Gasteiger charge is -2.19. The van der Waals surface area contributed by atoms with Gasteiger partial charge in [-0.15, -0.1) is 0 Å². The molecule has 0 unspecified atom stereocenters. The maximum atomic E-state index is 11.9. The summed E-state index contributed by atoms with van der Waals surface area (Å²) < 4.78 is 15.6. The summed E-state index contributed by atoms with van der Waals surface area (Å²) in [5.41, 5.74) is 0.549. The molecule has 0 fully saturated rings. The molecule has 2 amide bonds. The van der Waals surface area contributed by atoms with Crippen molar-refractivity contribution in [1.82, 2.24) is 10.6 Å². The van der Waals surface area contributed by atoms with Crippen LogP contribution in [0.1, 0.15) is 26.3 Å². The number of rotatable bonds is 10. The van der Waals surface area contributed by atoms with Crippen LogP contribution in [0.5, 0.6) is 11.5 Å². The second-order valence-corrected chi connectivity index (χ2v) is 7.88. The number of nitrogens with one attached hydrogen (secondary N) is 2. The first-order valence-corrected chi connectivity index (χ1v) is 9.93. The van der Waals surface area contributed by atoms with Gasteiger partial charge in [-0.25, -0.2) is 4.79 Å². The van der Waals surface area contributed by atoms with Crippen LogP contribution in [0.3, 0.4) is 0 Å². The van der Waals surface area contributed by atoms with Crippen LogP contribution in [0, 0.1) is 0 Å². The molecule has 0 radical (unpaired) electrons. The van der Waals surface area contributed by atoms with Crippen molar-refractivity contribution >= 4 is 23.8 Å². The van der Waals surface area contributed by atoms with Crippen LogP contribution in [0.15, 0.2) is 18.2 Å². The minimum atomic E-state index is -0.509. The van der Waals surface area contributed by atoms with Gasteiger partial charge in [0.2, 0.25) is 5.91 Å². The molecular weight excluding hydrogens is 368 g/mol. The topological polar surface area (TPSA) is 85.9 Å². The van der Waals surface area contributed by atoms with E-state index in [0.29, 0.717) is 42.5 Å². The first kappa shape index (κ1) is 23.0. The molecule has 0 spiro atoms. The highest BCUT2D eigenvalue weighted by atomic mass is 32.2. The van der Waals surface area contributed by atoms with Crippen molar-refractivity contribution in [3.05, 3.63) is 23.8 Å². The molecule has 0 heterocycles. The fourth-order valence-electron chi connectivity index (χ4n) is 2.14. The molecule has 1 aromatic carbocycles. The van der Waals surface area contributed by atoms with Gasteiger partial charge in [-0.05, 0) is 44.9 Å². The van der Waals surface area contributed by atoms with Gasteiger partial charge in [0.05, 0.1) is 20.0 Å². The summed E-state index contributed by atoms with van der Waals surface area (Å²) in [7, 11) is 3.19. The van der Waals surface area contributed by atoms with Crippen LogP contribution in [0.25, 0.3) is 0 Å². The van der Waals surface area contributed by atoms with E-state index >= 15 is 0 Å². The van der Waals surface area contributed by atoms with E-state index in [9.17, 15) is 9.59 Å². The lowest BCUT2D eigenvalue weighted by molar-refractivity contribution is -0.118. The molecular formula is C19H30N2O5S. The summed E-state index contributed by atoms with van der Waals surface area (Å²) in [4.78, 5) is 23.3. The Labute approximate surface area is 165 Å². The monoisotopic (exact) mass is 398 g/mol. The number of amides is 2. The van der Waals surface area contributed by atoms with Crippen molar-refractivity contribution in [1.29, 1.82) is 0 Å². The molecule has 0 aliphatic rings. The Morgan fingerprint density at radius 3 is 2.37 bits per heavy atom. The molecule has 152 valence electrons. The third-order valence-electron chi connectivity index (χ3n) is 3.33.